The molecule has 4 atom stereocenters. The number of aliphatic hydroxyl groups excluding tert-OH is 1. The Morgan fingerprint density at radius 3 is 3.04 bits per heavy atom. The Balaban J connectivity index is 1.60. The minimum atomic E-state index is -0.351. The first-order valence-corrected chi connectivity index (χ1v) is 9.61. The van der Waals surface area contributed by atoms with E-state index in [0.29, 0.717) is 36.7 Å². The first-order chi connectivity index (χ1) is 13.5. The fourth-order valence-corrected chi connectivity index (χ4v) is 3.71. The molecular formula is C21H26N4O3. The van der Waals surface area contributed by atoms with Gasteiger partial charge in [0, 0.05) is 43.6 Å². The van der Waals surface area contributed by atoms with Crippen LogP contribution in [0.1, 0.15) is 32.3 Å². The molecule has 2 heterocycles. The highest BCUT2D eigenvalue weighted by Crippen LogP contribution is 2.25. The summed E-state index contributed by atoms with van der Waals surface area (Å²) in [4.78, 5) is 18.6. The van der Waals surface area contributed by atoms with E-state index in [1.807, 2.05) is 26.0 Å². The van der Waals surface area contributed by atoms with Gasteiger partial charge >= 0.3 is 6.09 Å². The van der Waals surface area contributed by atoms with Gasteiger partial charge in [0.15, 0.2) is 0 Å². The number of ether oxygens (including phenoxy) is 1. The monoisotopic (exact) mass is 382 g/mol. The second kappa shape index (κ2) is 8.79. The highest BCUT2D eigenvalue weighted by Gasteiger charge is 2.32. The van der Waals surface area contributed by atoms with Crippen molar-refractivity contribution in [2.75, 3.05) is 18.4 Å². The number of carbonyl (C=O) groups is 1. The van der Waals surface area contributed by atoms with Gasteiger partial charge in [0.2, 0.25) is 0 Å². The fraction of sp³-hybridized carbons (Fsp3) is 0.476. The van der Waals surface area contributed by atoms with Gasteiger partial charge in [-0.2, -0.15) is 5.26 Å². The maximum atomic E-state index is 12.7. The number of nitriles is 1. The summed E-state index contributed by atoms with van der Waals surface area (Å²) in [6.45, 7) is 5.03. The lowest BCUT2D eigenvalue weighted by Gasteiger charge is -2.29. The van der Waals surface area contributed by atoms with Crippen molar-refractivity contribution in [1.29, 1.82) is 5.26 Å². The molecule has 0 spiro atoms. The molecule has 2 N–H and O–H groups in total. The molecule has 0 radical (unpaired) electrons. The number of aliphatic hydroxyl groups is 1. The van der Waals surface area contributed by atoms with Crippen LogP contribution >= 0.6 is 0 Å². The van der Waals surface area contributed by atoms with Crippen LogP contribution in [0.3, 0.4) is 0 Å². The van der Waals surface area contributed by atoms with Crippen LogP contribution in [-0.2, 0) is 4.74 Å². The van der Waals surface area contributed by atoms with Crippen molar-refractivity contribution in [2.24, 2.45) is 11.8 Å². The number of aromatic nitrogens is 1. The van der Waals surface area contributed by atoms with Gasteiger partial charge in [0.1, 0.15) is 18.0 Å². The van der Waals surface area contributed by atoms with Crippen molar-refractivity contribution >= 4 is 11.9 Å². The van der Waals surface area contributed by atoms with Crippen LogP contribution in [0.25, 0.3) is 0 Å². The zero-order valence-electron chi connectivity index (χ0n) is 16.2. The number of hydrogen-bond donors (Lipinski definition) is 2. The van der Waals surface area contributed by atoms with Crippen molar-refractivity contribution in [2.45, 2.75) is 38.8 Å². The van der Waals surface area contributed by atoms with Crippen LogP contribution in [0.4, 0.5) is 10.6 Å². The van der Waals surface area contributed by atoms with Gasteiger partial charge < -0.3 is 20.1 Å². The summed E-state index contributed by atoms with van der Waals surface area (Å²) in [5.74, 6) is 0.822. The summed E-state index contributed by atoms with van der Waals surface area (Å²) in [6.07, 6.45) is 7.86. The van der Waals surface area contributed by atoms with Crippen LogP contribution < -0.4 is 5.32 Å². The number of allylic oxidation sites excluding steroid dienone is 1. The minimum Gasteiger partial charge on any atom is -0.512 e. The van der Waals surface area contributed by atoms with Crippen LogP contribution in [-0.4, -0.2) is 46.3 Å². The second-order valence-corrected chi connectivity index (χ2v) is 7.44. The number of carbonyl (C=O) groups excluding carboxylic acids is 1. The lowest BCUT2D eigenvalue weighted by Crippen LogP contribution is -2.38. The number of amides is 1. The molecule has 0 saturated carbocycles. The maximum absolute atomic E-state index is 12.7. The number of rotatable bonds is 3. The van der Waals surface area contributed by atoms with Gasteiger partial charge in [0.25, 0.3) is 0 Å². The Morgan fingerprint density at radius 1 is 1.43 bits per heavy atom. The third kappa shape index (κ3) is 4.63. The van der Waals surface area contributed by atoms with Gasteiger partial charge in [-0.1, -0.05) is 26.0 Å². The van der Waals surface area contributed by atoms with Crippen molar-refractivity contribution in [3.05, 3.63) is 47.9 Å². The zero-order valence-corrected chi connectivity index (χ0v) is 16.2. The molecular weight excluding hydrogens is 356 g/mol. The topological polar surface area (TPSA) is 98.5 Å². The normalized spacial score (nSPS) is 30.3. The van der Waals surface area contributed by atoms with E-state index in [2.05, 4.69) is 16.4 Å². The average Bonchev–Trinajstić information content (AvgIpc) is 3.14. The number of likely N-dealkylation sites (tertiary alicyclic amines) is 1. The Labute approximate surface area is 165 Å². The fourth-order valence-electron chi connectivity index (χ4n) is 3.71. The molecule has 3 rings (SSSR count). The summed E-state index contributed by atoms with van der Waals surface area (Å²) in [5.41, 5.74) is 0.485. The van der Waals surface area contributed by atoms with Crippen molar-refractivity contribution in [1.82, 2.24) is 9.88 Å². The zero-order chi connectivity index (χ0) is 20.1. The molecule has 1 aromatic heterocycles. The first kappa shape index (κ1) is 19.7. The Hall–Kier alpha value is -3.01. The largest absolute Gasteiger partial charge is 0.512 e. The molecule has 0 aromatic carbocycles. The van der Waals surface area contributed by atoms with E-state index in [-0.39, 0.29) is 30.1 Å². The third-order valence-corrected chi connectivity index (χ3v) is 5.21. The second-order valence-electron chi connectivity index (χ2n) is 7.44. The highest BCUT2D eigenvalue weighted by atomic mass is 16.6. The third-order valence-electron chi connectivity index (χ3n) is 5.21. The molecule has 1 saturated heterocycles. The van der Waals surface area contributed by atoms with E-state index in [0.717, 1.165) is 6.42 Å². The molecule has 1 fully saturated rings. The van der Waals surface area contributed by atoms with Gasteiger partial charge in [-0.3, -0.25) is 0 Å². The quantitative estimate of drug-likeness (QED) is 0.775. The molecule has 1 aromatic rings. The number of pyridine rings is 1. The van der Waals surface area contributed by atoms with E-state index in [4.69, 9.17) is 4.74 Å². The molecule has 28 heavy (non-hydrogen) atoms. The maximum Gasteiger partial charge on any atom is 0.410 e. The van der Waals surface area contributed by atoms with E-state index in [9.17, 15) is 15.2 Å². The van der Waals surface area contributed by atoms with Crippen LogP contribution in [0, 0.1) is 23.2 Å². The lowest BCUT2D eigenvalue weighted by molar-refractivity contribution is 0.0334. The summed E-state index contributed by atoms with van der Waals surface area (Å²) in [6, 6.07) is 5.57. The van der Waals surface area contributed by atoms with Crippen LogP contribution in [0.2, 0.25) is 0 Å². The summed E-state index contributed by atoms with van der Waals surface area (Å²) in [5, 5.41) is 22.3. The molecule has 1 aliphatic heterocycles. The number of hydrogen-bond acceptors (Lipinski definition) is 6. The van der Waals surface area contributed by atoms with E-state index < -0.39 is 0 Å². The number of nitrogens with one attached hydrogen (secondary N) is 1. The van der Waals surface area contributed by atoms with E-state index in [1.165, 1.54) is 0 Å². The summed E-state index contributed by atoms with van der Waals surface area (Å²) < 4.78 is 5.81. The van der Waals surface area contributed by atoms with Gasteiger partial charge in [-0.15, -0.1) is 0 Å². The van der Waals surface area contributed by atoms with Gasteiger partial charge in [-0.05, 0) is 24.6 Å². The number of nitrogens with zero attached hydrogens (tertiary/aromatic N) is 3. The van der Waals surface area contributed by atoms with Crippen LogP contribution in [0.15, 0.2) is 42.3 Å². The SMILES string of the molecule is CC1/C=C/C/C(O)=C\C(C)[C@H]1OC(=O)N1CC[C@@H](Nc2ncccc2C#N)C1. The van der Waals surface area contributed by atoms with Crippen molar-refractivity contribution < 1.29 is 14.6 Å². The lowest BCUT2D eigenvalue weighted by atomic mass is 9.90. The van der Waals surface area contributed by atoms with E-state index in [1.54, 1.807) is 29.3 Å². The molecule has 0 bridgehead atoms. The Bertz CT molecular complexity index is 814. The number of anilines is 1. The smallest absolute Gasteiger partial charge is 0.410 e. The molecule has 148 valence electrons. The average molecular weight is 382 g/mol. The van der Waals surface area contributed by atoms with Crippen LogP contribution in [0.5, 0.6) is 0 Å². The first-order valence-electron chi connectivity index (χ1n) is 9.61. The standard InChI is InChI=1S/C21H26N4O3/c1-14-5-3-7-18(26)11-15(2)19(14)28-21(27)25-10-8-17(13-25)24-20-16(12-22)6-4-9-23-20/h3-6,9,11,14-15,17,19,26H,7-8,10,13H2,1-2H3,(H,23,24)/b5-3+,18-11+/t14?,15?,17-,19+/m1/s1. The summed E-state index contributed by atoms with van der Waals surface area (Å²) >= 11 is 0. The minimum absolute atomic E-state index is 0.0190. The summed E-state index contributed by atoms with van der Waals surface area (Å²) in [7, 11) is 0. The van der Waals surface area contributed by atoms with E-state index >= 15 is 0 Å². The van der Waals surface area contributed by atoms with Gasteiger partial charge in [-0.25, -0.2) is 9.78 Å². The molecule has 1 aliphatic carbocycles. The van der Waals surface area contributed by atoms with Crippen molar-refractivity contribution in [3.63, 3.8) is 0 Å². The predicted molar refractivity (Wildman–Crippen MR) is 106 cm³/mol. The molecule has 1 amide bonds. The predicted octanol–water partition coefficient (Wildman–Crippen LogP) is 3.62. The highest BCUT2D eigenvalue weighted by molar-refractivity contribution is 5.68. The molecule has 2 unspecified atom stereocenters. The van der Waals surface area contributed by atoms with Crippen molar-refractivity contribution in [3.8, 4) is 6.07 Å². The molecule has 2 aliphatic rings. The Kier molecular flexibility index (Phi) is 6.19. The molecule has 7 heteroatoms. The van der Waals surface area contributed by atoms with Gasteiger partial charge in [0.05, 0.1) is 11.3 Å². The molecule has 7 nitrogen and oxygen atoms in total. The Morgan fingerprint density at radius 2 is 2.25 bits per heavy atom.